The summed E-state index contributed by atoms with van der Waals surface area (Å²) in [7, 11) is 1.70. The molecule has 21 heavy (non-hydrogen) atoms. The van der Waals surface area contributed by atoms with Crippen LogP contribution in [0.1, 0.15) is 38.3 Å². The lowest BCUT2D eigenvalue weighted by Crippen LogP contribution is -2.45. The van der Waals surface area contributed by atoms with E-state index < -0.39 is 0 Å². The summed E-state index contributed by atoms with van der Waals surface area (Å²) in [6.07, 6.45) is 2.00. The van der Waals surface area contributed by atoms with Crippen LogP contribution in [0.3, 0.4) is 0 Å². The molecule has 0 aromatic heterocycles. The topological polar surface area (TPSA) is 58.7 Å². The Morgan fingerprint density at radius 3 is 2.76 bits per heavy atom. The zero-order chi connectivity index (χ0) is 15.4. The number of nitrogens with zero attached hydrogens (tertiary/aromatic N) is 1. The average Bonchev–Trinajstić information content (AvgIpc) is 2.88. The molecule has 1 aromatic carbocycles. The number of para-hydroxylation sites is 1. The number of nitrogens with two attached hydrogens (primary N) is 1. The largest absolute Gasteiger partial charge is 0.496 e. The molecule has 4 atom stereocenters. The van der Waals surface area contributed by atoms with Gasteiger partial charge in [-0.05, 0) is 31.4 Å². The Hall–Kier alpha value is -1.10. The number of aliphatic hydroxyl groups excluding tert-OH is 1. The fraction of sp³-hybridized carbons (Fsp3) is 0.647. The van der Waals surface area contributed by atoms with Crippen molar-refractivity contribution in [2.75, 3.05) is 20.3 Å². The van der Waals surface area contributed by atoms with Gasteiger partial charge in [0.05, 0.1) is 19.8 Å². The van der Waals surface area contributed by atoms with Crippen molar-refractivity contribution in [3.05, 3.63) is 29.8 Å². The predicted octanol–water partition coefficient (Wildman–Crippen LogP) is 2.18. The second-order valence-corrected chi connectivity index (χ2v) is 6.01. The van der Waals surface area contributed by atoms with Crippen molar-refractivity contribution in [3.8, 4) is 5.75 Å². The van der Waals surface area contributed by atoms with Gasteiger partial charge < -0.3 is 15.6 Å². The molecule has 1 aliphatic heterocycles. The van der Waals surface area contributed by atoms with Gasteiger partial charge in [-0.25, -0.2) is 0 Å². The van der Waals surface area contributed by atoms with Gasteiger partial charge in [0.25, 0.3) is 0 Å². The van der Waals surface area contributed by atoms with E-state index >= 15 is 0 Å². The number of ether oxygens (including phenoxy) is 1. The van der Waals surface area contributed by atoms with E-state index in [4.69, 9.17) is 10.5 Å². The Bertz CT molecular complexity index is 452. The lowest BCUT2D eigenvalue weighted by atomic mass is 9.94. The zero-order valence-electron chi connectivity index (χ0n) is 13.3. The van der Waals surface area contributed by atoms with Crippen LogP contribution in [-0.2, 0) is 0 Å². The van der Waals surface area contributed by atoms with Crippen molar-refractivity contribution in [1.29, 1.82) is 0 Å². The van der Waals surface area contributed by atoms with Crippen LogP contribution >= 0.6 is 0 Å². The van der Waals surface area contributed by atoms with Gasteiger partial charge in [0.1, 0.15) is 5.75 Å². The minimum atomic E-state index is 0.0284. The first-order valence-corrected chi connectivity index (χ1v) is 7.89. The maximum absolute atomic E-state index is 9.77. The summed E-state index contributed by atoms with van der Waals surface area (Å²) in [5.41, 5.74) is 7.56. The van der Waals surface area contributed by atoms with E-state index in [0.717, 1.165) is 30.7 Å². The van der Waals surface area contributed by atoms with Gasteiger partial charge in [0, 0.05) is 17.6 Å². The fourth-order valence-corrected chi connectivity index (χ4v) is 3.46. The van der Waals surface area contributed by atoms with E-state index in [-0.39, 0.29) is 24.7 Å². The summed E-state index contributed by atoms with van der Waals surface area (Å²) in [5, 5.41) is 9.77. The second kappa shape index (κ2) is 7.25. The normalized spacial score (nSPS) is 25.8. The summed E-state index contributed by atoms with van der Waals surface area (Å²) in [6.45, 7) is 5.48. The molecule has 1 heterocycles. The molecule has 4 unspecified atom stereocenters. The molecule has 0 amide bonds. The van der Waals surface area contributed by atoms with E-state index in [0.29, 0.717) is 5.92 Å². The first-order chi connectivity index (χ1) is 10.1. The van der Waals surface area contributed by atoms with Crippen LogP contribution < -0.4 is 10.5 Å². The Kier molecular flexibility index (Phi) is 5.62. The number of hydrogen-bond acceptors (Lipinski definition) is 4. The number of hydrogen-bond donors (Lipinski definition) is 2. The molecule has 3 N–H and O–H groups in total. The highest BCUT2D eigenvalue weighted by atomic mass is 16.5. The maximum Gasteiger partial charge on any atom is 0.123 e. The number of likely N-dealkylation sites (tertiary alicyclic amines) is 1. The van der Waals surface area contributed by atoms with Crippen molar-refractivity contribution in [1.82, 2.24) is 4.90 Å². The summed E-state index contributed by atoms with van der Waals surface area (Å²) in [5.74, 6) is 1.37. The maximum atomic E-state index is 9.77. The van der Waals surface area contributed by atoms with Crippen LogP contribution in [0, 0.1) is 5.92 Å². The molecule has 0 aliphatic carbocycles. The third kappa shape index (κ3) is 3.23. The summed E-state index contributed by atoms with van der Waals surface area (Å²) < 4.78 is 5.53. The van der Waals surface area contributed by atoms with Gasteiger partial charge in [0.15, 0.2) is 0 Å². The summed E-state index contributed by atoms with van der Waals surface area (Å²) in [6, 6.07) is 8.38. The van der Waals surface area contributed by atoms with Crippen molar-refractivity contribution in [2.45, 2.75) is 44.8 Å². The Morgan fingerprint density at radius 1 is 1.43 bits per heavy atom. The molecule has 0 bridgehead atoms. The summed E-state index contributed by atoms with van der Waals surface area (Å²) in [4.78, 5) is 2.37. The monoisotopic (exact) mass is 292 g/mol. The highest BCUT2D eigenvalue weighted by molar-refractivity contribution is 5.37. The highest BCUT2D eigenvalue weighted by Gasteiger charge is 2.38. The zero-order valence-corrected chi connectivity index (χ0v) is 13.3. The van der Waals surface area contributed by atoms with Gasteiger partial charge >= 0.3 is 0 Å². The van der Waals surface area contributed by atoms with Crippen LogP contribution in [0.2, 0.25) is 0 Å². The third-order valence-corrected chi connectivity index (χ3v) is 4.80. The Morgan fingerprint density at radius 2 is 2.14 bits per heavy atom. The van der Waals surface area contributed by atoms with Gasteiger partial charge in [0.2, 0.25) is 0 Å². The number of methoxy groups -OCH3 is 1. The SMILES string of the molecule is CCC(N)C(c1ccccc1OC)N1CCC(C)C1CO. The van der Waals surface area contributed by atoms with Gasteiger partial charge in [-0.1, -0.05) is 32.0 Å². The third-order valence-electron chi connectivity index (χ3n) is 4.80. The second-order valence-electron chi connectivity index (χ2n) is 6.01. The Balaban J connectivity index is 2.39. The standard InChI is InChI=1S/C17H28N2O2/c1-4-14(18)17(13-7-5-6-8-16(13)21-3)19-10-9-12(2)15(19)11-20/h5-8,12,14-15,17,20H,4,9-11,18H2,1-3H3. The van der Waals surface area contributed by atoms with Crippen LogP contribution in [0.5, 0.6) is 5.75 Å². The number of benzene rings is 1. The highest BCUT2D eigenvalue weighted by Crippen LogP contribution is 2.38. The van der Waals surface area contributed by atoms with Crippen molar-refractivity contribution in [3.63, 3.8) is 0 Å². The Labute approximate surface area is 127 Å². The molecular weight excluding hydrogens is 264 g/mol. The molecule has 118 valence electrons. The van der Waals surface area contributed by atoms with Gasteiger partial charge in [-0.15, -0.1) is 0 Å². The minimum absolute atomic E-state index is 0.0284. The molecule has 0 saturated carbocycles. The van der Waals surface area contributed by atoms with Gasteiger partial charge in [-0.3, -0.25) is 4.90 Å². The number of rotatable bonds is 6. The lowest BCUT2D eigenvalue weighted by Gasteiger charge is -2.37. The molecule has 0 spiro atoms. The first-order valence-electron chi connectivity index (χ1n) is 7.89. The molecule has 1 fully saturated rings. The average molecular weight is 292 g/mol. The number of aliphatic hydroxyl groups is 1. The van der Waals surface area contributed by atoms with Crippen LogP contribution in [0.25, 0.3) is 0 Å². The van der Waals surface area contributed by atoms with Gasteiger partial charge in [-0.2, -0.15) is 0 Å². The van der Waals surface area contributed by atoms with Crippen molar-refractivity contribution in [2.24, 2.45) is 11.7 Å². The molecule has 0 radical (unpaired) electrons. The van der Waals surface area contributed by atoms with Crippen LogP contribution in [0.15, 0.2) is 24.3 Å². The molecule has 1 aliphatic rings. The smallest absolute Gasteiger partial charge is 0.123 e. The molecule has 1 saturated heterocycles. The van der Waals surface area contributed by atoms with Crippen LogP contribution in [-0.4, -0.2) is 42.4 Å². The first kappa shape index (κ1) is 16.3. The molecule has 4 nitrogen and oxygen atoms in total. The van der Waals surface area contributed by atoms with Crippen LogP contribution in [0.4, 0.5) is 0 Å². The minimum Gasteiger partial charge on any atom is -0.496 e. The van der Waals surface area contributed by atoms with Crippen molar-refractivity contribution >= 4 is 0 Å². The molecular formula is C17H28N2O2. The van der Waals surface area contributed by atoms with Crippen molar-refractivity contribution < 1.29 is 9.84 Å². The molecule has 2 rings (SSSR count). The quantitative estimate of drug-likeness (QED) is 0.844. The van der Waals surface area contributed by atoms with E-state index in [2.05, 4.69) is 24.8 Å². The van der Waals surface area contributed by atoms with E-state index in [1.165, 1.54) is 0 Å². The molecule has 1 aromatic rings. The lowest BCUT2D eigenvalue weighted by molar-refractivity contribution is 0.0881. The van der Waals surface area contributed by atoms with E-state index in [1.807, 2.05) is 18.2 Å². The fourth-order valence-electron chi connectivity index (χ4n) is 3.46. The predicted molar refractivity (Wildman–Crippen MR) is 85.4 cm³/mol. The summed E-state index contributed by atoms with van der Waals surface area (Å²) >= 11 is 0. The van der Waals surface area contributed by atoms with E-state index in [9.17, 15) is 5.11 Å². The molecule has 4 heteroatoms. The van der Waals surface area contributed by atoms with E-state index in [1.54, 1.807) is 7.11 Å².